The molecular weight excluding hydrogens is 319 g/mol. The van der Waals surface area contributed by atoms with Crippen molar-refractivity contribution in [3.05, 3.63) is 83.6 Å². The van der Waals surface area contributed by atoms with Crippen molar-refractivity contribution in [1.82, 2.24) is 15.3 Å². The van der Waals surface area contributed by atoms with Crippen LogP contribution in [0.15, 0.2) is 60.9 Å². The minimum Gasteiger partial charge on any atom is -0.347 e. The van der Waals surface area contributed by atoms with Crippen molar-refractivity contribution >= 4 is 17.4 Å². The Morgan fingerprint density at radius 2 is 1.72 bits per heavy atom. The van der Waals surface area contributed by atoms with Gasteiger partial charge in [-0.15, -0.1) is 0 Å². The third-order valence-electron chi connectivity index (χ3n) is 3.57. The molecule has 0 spiro atoms. The lowest BCUT2D eigenvalue weighted by molar-refractivity contribution is 0.0945. The Morgan fingerprint density at radius 1 is 1.00 bits per heavy atom. The number of carbonyl (C=O) groups is 1. The number of rotatable bonds is 5. The monoisotopic (exact) mass is 336 g/mol. The Labute approximate surface area is 145 Å². The van der Waals surface area contributed by atoms with Crippen LogP contribution in [0, 0.1) is 12.7 Å². The lowest BCUT2D eigenvalue weighted by Gasteiger charge is -2.07. The first kappa shape index (κ1) is 16.6. The second-order valence-corrected chi connectivity index (χ2v) is 5.59. The molecule has 6 heteroatoms. The topological polar surface area (TPSA) is 66.9 Å². The molecule has 126 valence electrons. The maximum atomic E-state index is 12.9. The van der Waals surface area contributed by atoms with E-state index < -0.39 is 0 Å². The van der Waals surface area contributed by atoms with Crippen molar-refractivity contribution in [2.24, 2.45) is 0 Å². The Bertz CT molecular complexity index is 846. The van der Waals surface area contributed by atoms with E-state index in [0.717, 1.165) is 5.56 Å². The van der Waals surface area contributed by atoms with Gasteiger partial charge >= 0.3 is 0 Å². The van der Waals surface area contributed by atoms with E-state index in [-0.39, 0.29) is 17.4 Å². The van der Waals surface area contributed by atoms with E-state index in [9.17, 15) is 9.18 Å². The van der Waals surface area contributed by atoms with Gasteiger partial charge in [0.25, 0.3) is 5.91 Å². The Balaban J connectivity index is 1.58. The highest BCUT2D eigenvalue weighted by Gasteiger charge is 2.08. The smallest absolute Gasteiger partial charge is 0.271 e. The van der Waals surface area contributed by atoms with Gasteiger partial charge in [-0.3, -0.25) is 4.79 Å². The van der Waals surface area contributed by atoms with Crippen LogP contribution in [-0.2, 0) is 6.54 Å². The number of halogens is 1. The summed E-state index contributed by atoms with van der Waals surface area (Å²) in [7, 11) is 0. The van der Waals surface area contributed by atoms with Crippen molar-refractivity contribution in [3.63, 3.8) is 0 Å². The standard InChI is InChI=1S/C19H17FN4O/c1-13-2-4-14(5-3-13)10-23-19(25)17-11-22-18(12-21-17)24-16-8-6-15(20)7-9-16/h2-9,11-12H,10H2,1H3,(H,22,24)(H,23,25). The molecule has 0 saturated heterocycles. The van der Waals surface area contributed by atoms with Gasteiger partial charge < -0.3 is 10.6 Å². The first-order chi connectivity index (χ1) is 12.1. The minimum absolute atomic E-state index is 0.233. The molecule has 25 heavy (non-hydrogen) atoms. The molecular formula is C19H17FN4O. The highest BCUT2D eigenvalue weighted by atomic mass is 19.1. The third-order valence-corrected chi connectivity index (χ3v) is 3.57. The molecule has 3 rings (SSSR count). The third kappa shape index (κ3) is 4.60. The maximum Gasteiger partial charge on any atom is 0.271 e. The average Bonchev–Trinajstić information content (AvgIpc) is 2.63. The molecule has 5 nitrogen and oxygen atoms in total. The van der Waals surface area contributed by atoms with E-state index in [1.165, 1.54) is 30.1 Å². The largest absolute Gasteiger partial charge is 0.347 e. The van der Waals surface area contributed by atoms with Crippen LogP contribution < -0.4 is 10.6 Å². The molecule has 0 aliphatic carbocycles. The van der Waals surface area contributed by atoms with Gasteiger partial charge in [-0.05, 0) is 36.8 Å². The first-order valence-corrected chi connectivity index (χ1v) is 7.78. The number of aryl methyl sites for hydroxylation is 1. The van der Waals surface area contributed by atoms with Gasteiger partial charge in [0.2, 0.25) is 0 Å². The zero-order valence-electron chi connectivity index (χ0n) is 13.7. The predicted molar refractivity (Wildman–Crippen MR) is 94.1 cm³/mol. The number of anilines is 2. The Kier molecular flexibility index (Phi) is 4.99. The quantitative estimate of drug-likeness (QED) is 0.747. The van der Waals surface area contributed by atoms with E-state index in [0.29, 0.717) is 18.1 Å². The Morgan fingerprint density at radius 3 is 2.36 bits per heavy atom. The number of aromatic nitrogens is 2. The van der Waals surface area contributed by atoms with E-state index in [1.54, 1.807) is 12.1 Å². The van der Waals surface area contributed by atoms with Crippen molar-refractivity contribution in [1.29, 1.82) is 0 Å². The zero-order chi connectivity index (χ0) is 17.6. The van der Waals surface area contributed by atoms with Gasteiger partial charge in [0.05, 0.1) is 12.4 Å². The zero-order valence-corrected chi connectivity index (χ0v) is 13.7. The molecule has 1 heterocycles. The van der Waals surface area contributed by atoms with Crippen molar-refractivity contribution in [2.75, 3.05) is 5.32 Å². The number of nitrogens with one attached hydrogen (secondary N) is 2. The fraction of sp³-hybridized carbons (Fsp3) is 0.105. The van der Waals surface area contributed by atoms with Crippen molar-refractivity contribution in [2.45, 2.75) is 13.5 Å². The van der Waals surface area contributed by atoms with Gasteiger partial charge in [0.1, 0.15) is 17.3 Å². The second kappa shape index (κ2) is 7.53. The van der Waals surface area contributed by atoms with Crippen molar-refractivity contribution < 1.29 is 9.18 Å². The summed E-state index contributed by atoms with van der Waals surface area (Å²) >= 11 is 0. The van der Waals surface area contributed by atoms with Crippen LogP contribution in [0.3, 0.4) is 0 Å². The van der Waals surface area contributed by atoms with Crippen LogP contribution >= 0.6 is 0 Å². The molecule has 3 aromatic rings. The number of hydrogen-bond donors (Lipinski definition) is 2. The van der Waals surface area contributed by atoms with Gasteiger partial charge in [0.15, 0.2) is 0 Å². The number of amides is 1. The molecule has 0 fully saturated rings. The van der Waals surface area contributed by atoms with Gasteiger partial charge in [-0.2, -0.15) is 0 Å². The van der Waals surface area contributed by atoms with Gasteiger partial charge in [-0.25, -0.2) is 14.4 Å². The van der Waals surface area contributed by atoms with Crippen LogP contribution in [0.1, 0.15) is 21.6 Å². The van der Waals surface area contributed by atoms with Crippen LogP contribution in [0.4, 0.5) is 15.9 Å². The molecule has 2 N–H and O–H groups in total. The van der Waals surface area contributed by atoms with Crippen molar-refractivity contribution in [3.8, 4) is 0 Å². The van der Waals surface area contributed by atoms with Crippen LogP contribution in [0.2, 0.25) is 0 Å². The highest BCUT2D eigenvalue weighted by molar-refractivity contribution is 5.92. The summed E-state index contributed by atoms with van der Waals surface area (Å²) in [5.41, 5.74) is 3.11. The van der Waals surface area contributed by atoms with Crippen LogP contribution in [-0.4, -0.2) is 15.9 Å². The molecule has 1 amide bonds. The number of nitrogens with zero attached hydrogens (tertiary/aromatic N) is 2. The van der Waals surface area contributed by atoms with Gasteiger partial charge in [-0.1, -0.05) is 29.8 Å². The molecule has 0 saturated carbocycles. The number of carbonyl (C=O) groups excluding carboxylic acids is 1. The van der Waals surface area contributed by atoms with Crippen LogP contribution in [0.5, 0.6) is 0 Å². The second-order valence-electron chi connectivity index (χ2n) is 5.59. The fourth-order valence-corrected chi connectivity index (χ4v) is 2.17. The summed E-state index contributed by atoms with van der Waals surface area (Å²) in [6, 6.07) is 13.8. The summed E-state index contributed by atoms with van der Waals surface area (Å²) in [5.74, 6) is -0.125. The van der Waals surface area contributed by atoms with E-state index in [1.807, 2.05) is 31.2 Å². The predicted octanol–water partition coefficient (Wildman–Crippen LogP) is 3.60. The lowest BCUT2D eigenvalue weighted by Crippen LogP contribution is -2.24. The maximum absolute atomic E-state index is 12.9. The molecule has 2 aromatic carbocycles. The first-order valence-electron chi connectivity index (χ1n) is 7.78. The van der Waals surface area contributed by atoms with E-state index >= 15 is 0 Å². The fourth-order valence-electron chi connectivity index (χ4n) is 2.17. The van der Waals surface area contributed by atoms with E-state index in [4.69, 9.17) is 0 Å². The summed E-state index contributed by atoms with van der Waals surface area (Å²) in [4.78, 5) is 20.4. The van der Waals surface area contributed by atoms with Gasteiger partial charge in [0, 0.05) is 12.2 Å². The molecule has 0 aliphatic rings. The molecule has 0 unspecified atom stereocenters. The SMILES string of the molecule is Cc1ccc(CNC(=O)c2cnc(Nc3ccc(F)cc3)cn2)cc1. The highest BCUT2D eigenvalue weighted by Crippen LogP contribution is 2.14. The van der Waals surface area contributed by atoms with Crippen LogP contribution in [0.25, 0.3) is 0 Å². The molecule has 0 bridgehead atoms. The number of benzene rings is 2. The molecule has 0 radical (unpaired) electrons. The minimum atomic E-state index is -0.308. The number of hydrogen-bond acceptors (Lipinski definition) is 4. The summed E-state index contributed by atoms with van der Waals surface area (Å²) in [6.45, 7) is 2.44. The molecule has 0 aliphatic heterocycles. The normalized spacial score (nSPS) is 10.3. The molecule has 1 aromatic heterocycles. The summed E-state index contributed by atoms with van der Waals surface area (Å²) in [5, 5.41) is 5.79. The summed E-state index contributed by atoms with van der Waals surface area (Å²) < 4.78 is 12.9. The Hall–Kier alpha value is -3.28. The molecule has 0 atom stereocenters. The van der Waals surface area contributed by atoms with E-state index in [2.05, 4.69) is 20.6 Å². The summed E-state index contributed by atoms with van der Waals surface area (Å²) in [6.07, 6.45) is 2.86. The average molecular weight is 336 g/mol. The lowest BCUT2D eigenvalue weighted by atomic mass is 10.1.